The molecule has 1 aromatic carbocycles. The fourth-order valence-corrected chi connectivity index (χ4v) is 4.49. The lowest BCUT2D eigenvalue weighted by Gasteiger charge is -2.32. The standard InChI is InChI=1S/C22H35N3O3/c1-24(16-18-4-6-20(28-2)7-5-18)17-22(27)10-3-14-25(15-11-22)21(26)19-8-12-23-13-9-19/h4-7,19,23,27H,3,8-17H2,1-2H3. The first-order valence-corrected chi connectivity index (χ1v) is 10.5. The van der Waals surface area contributed by atoms with Crippen LogP contribution in [0.3, 0.4) is 0 Å². The number of nitrogens with one attached hydrogen (secondary N) is 1. The number of methoxy groups -OCH3 is 1. The maximum atomic E-state index is 12.8. The van der Waals surface area contributed by atoms with Crippen LogP contribution in [0.15, 0.2) is 24.3 Å². The molecule has 0 aromatic heterocycles. The molecule has 156 valence electrons. The molecule has 1 atom stereocenters. The average Bonchev–Trinajstić information content (AvgIpc) is 2.90. The Hall–Kier alpha value is -1.63. The molecule has 2 heterocycles. The van der Waals surface area contributed by atoms with Gasteiger partial charge >= 0.3 is 0 Å². The molecule has 3 rings (SSSR count). The molecule has 2 aliphatic heterocycles. The molecule has 0 aliphatic carbocycles. The number of carbonyl (C=O) groups excluding carboxylic acids is 1. The van der Waals surface area contributed by atoms with Gasteiger partial charge in [0.05, 0.1) is 12.7 Å². The van der Waals surface area contributed by atoms with Gasteiger partial charge in [0.15, 0.2) is 0 Å². The number of hydrogen-bond acceptors (Lipinski definition) is 5. The summed E-state index contributed by atoms with van der Waals surface area (Å²) in [7, 11) is 3.72. The summed E-state index contributed by atoms with van der Waals surface area (Å²) in [6, 6.07) is 8.05. The van der Waals surface area contributed by atoms with Gasteiger partial charge in [-0.15, -0.1) is 0 Å². The lowest BCUT2D eigenvalue weighted by atomic mass is 9.94. The molecule has 1 unspecified atom stereocenters. The van der Waals surface area contributed by atoms with E-state index in [4.69, 9.17) is 4.74 Å². The van der Waals surface area contributed by atoms with Crippen LogP contribution < -0.4 is 10.1 Å². The van der Waals surface area contributed by atoms with E-state index in [1.165, 1.54) is 5.56 Å². The van der Waals surface area contributed by atoms with E-state index in [1.54, 1.807) is 7.11 Å². The van der Waals surface area contributed by atoms with E-state index >= 15 is 0 Å². The van der Waals surface area contributed by atoms with Crippen LogP contribution in [-0.2, 0) is 11.3 Å². The number of aliphatic hydroxyl groups is 1. The van der Waals surface area contributed by atoms with Gasteiger partial charge < -0.3 is 20.1 Å². The molecule has 2 saturated heterocycles. The van der Waals surface area contributed by atoms with Crippen molar-refractivity contribution in [1.29, 1.82) is 0 Å². The maximum Gasteiger partial charge on any atom is 0.225 e. The number of rotatable bonds is 6. The largest absolute Gasteiger partial charge is 0.497 e. The molecule has 2 aliphatic rings. The predicted octanol–water partition coefficient (Wildman–Crippen LogP) is 1.87. The summed E-state index contributed by atoms with van der Waals surface area (Å²) < 4.78 is 5.21. The number of ether oxygens (including phenoxy) is 1. The van der Waals surface area contributed by atoms with Crippen molar-refractivity contribution < 1.29 is 14.6 Å². The molecular formula is C22H35N3O3. The second-order valence-electron chi connectivity index (χ2n) is 8.45. The number of benzene rings is 1. The molecule has 6 nitrogen and oxygen atoms in total. The van der Waals surface area contributed by atoms with Crippen LogP contribution in [-0.4, -0.2) is 73.3 Å². The van der Waals surface area contributed by atoms with Crippen molar-refractivity contribution in [2.75, 3.05) is 46.9 Å². The molecule has 2 fully saturated rings. The topological polar surface area (TPSA) is 65.0 Å². The molecule has 0 radical (unpaired) electrons. The van der Waals surface area contributed by atoms with Crippen LogP contribution in [0.1, 0.15) is 37.7 Å². The predicted molar refractivity (Wildman–Crippen MR) is 110 cm³/mol. The summed E-state index contributed by atoms with van der Waals surface area (Å²) in [5.74, 6) is 1.30. The Labute approximate surface area is 168 Å². The number of amides is 1. The van der Waals surface area contributed by atoms with Crippen molar-refractivity contribution in [2.45, 2.75) is 44.2 Å². The zero-order chi connectivity index (χ0) is 20.0. The normalized spacial score (nSPS) is 24.2. The fourth-order valence-electron chi connectivity index (χ4n) is 4.49. The number of nitrogens with zero attached hydrogens (tertiary/aromatic N) is 2. The Bertz CT molecular complexity index is 630. The van der Waals surface area contributed by atoms with E-state index < -0.39 is 5.60 Å². The summed E-state index contributed by atoms with van der Waals surface area (Å²) in [5, 5.41) is 14.5. The van der Waals surface area contributed by atoms with Crippen LogP contribution >= 0.6 is 0 Å². The number of carbonyl (C=O) groups is 1. The number of likely N-dealkylation sites (tertiary alicyclic amines) is 1. The van der Waals surface area contributed by atoms with Gasteiger partial charge in [-0.2, -0.15) is 0 Å². The third-order valence-electron chi connectivity index (χ3n) is 6.09. The minimum Gasteiger partial charge on any atom is -0.497 e. The van der Waals surface area contributed by atoms with Crippen molar-refractivity contribution in [3.8, 4) is 5.75 Å². The Morgan fingerprint density at radius 1 is 1.25 bits per heavy atom. The maximum absolute atomic E-state index is 12.8. The van der Waals surface area contributed by atoms with Crippen molar-refractivity contribution in [3.05, 3.63) is 29.8 Å². The van der Waals surface area contributed by atoms with Crippen LogP contribution in [0.25, 0.3) is 0 Å². The van der Waals surface area contributed by atoms with Gasteiger partial charge in [-0.1, -0.05) is 12.1 Å². The second-order valence-corrected chi connectivity index (χ2v) is 8.45. The quantitative estimate of drug-likeness (QED) is 0.778. The summed E-state index contributed by atoms with van der Waals surface area (Å²) >= 11 is 0. The first kappa shape index (κ1) is 21.1. The number of hydrogen-bond donors (Lipinski definition) is 2. The van der Waals surface area contributed by atoms with Gasteiger partial charge in [0.25, 0.3) is 0 Å². The fraction of sp³-hybridized carbons (Fsp3) is 0.682. The van der Waals surface area contributed by atoms with Crippen LogP contribution in [0.4, 0.5) is 0 Å². The Kier molecular flexibility index (Phi) is 7.32. The smallest absolute Gasteiger partial charge is 0.225 e. The molecular weight excluding hydrogens is 354 g/mol. The summed E-state index contributed by atoms with van der Waals surface area (Å²) in [4.78, 5) is 17.0. The number of piperidine rings is 1. The Morgan fingerprint density at radius 3 is 2.64 bits per heavy atom. The third-order valence-corrected chi connectivity index (χ3v) is 6.09. The SMILES string of the molecule is COc1ccc(CN(C)CC2(O)CCCN(C(=O)C3CCNCC3)CC2)cc1. The molecule has 1 aromatic rings. The van der Waals surface area contributed by atoms with E-state index in [0.29, 0.717) is 19.5 Å². The van der Waals surface area contributed by atoms with Crippen molar-refractivity contribution >= 4 is 5.91 Å². The first-order valence-electron chi connectivity index (χ1n) is 10.5. The molecule has 6 heteroatoms. The Morgan fingerprint density at radius 2 is 1.96 bits per heavy atom. The lowest BCUT2D eigenvalue weighted by Crippen LogP contribution is -2.44. The van der Waals surface area contributed by atoms with Crippen LogP contribution in [0, 0.1) is 5.92 Å². The van der Waals surface area contributed by atoms with Gasteiger partial charge in [-0.05, 0) is 69.9 Å². The Balaban J connectivity index is 1.51. The molecule has 2 N–H and O–H groups in total. The molecule has 0 spiro atoms. The van der Waals surface area contributed by atoms with Crippen molar-refractivity contribution in [2.24, 2.45) is 5.92 Å². The highest BCUT2D eigenvalue weighted by Gasteiger charge is 2.34. The highest BCUT2D eigenvalue weighted by atomic mass is 16.5. The monoisotopic (exact) mass is 389 g/mol. The van der Waals surface area contributed by atoms with E-state index in [0.717, 1.165) is 57.6 Å². The lowest BCUT2D eigenvalue weighted by molar-refractivity contribution is -0.136. The highest BCUT2D eigenvalue weighted by Crippen LogP contribution is 2.26. The summed E-state index contributed by atoms with van der Waals surface area (Å²) in [6.07, 6.45) is 4.13. The van der Waals surface area contributed by atoms with Gasteiger partial charge in [0.2, 0.25) is 5.91 Å². The van der Waals surface area contributed by atoms with E-state index in [2.05, 4.69) is 22.3 Å². The van der Waals surface area contributed by atoms with Gasteiger partial charge in [0, 0.05) is 32.1 Å². The highest BCUT2D eigenvalue weighted by molar-refractivity contribution is 5.79. The van der Waals surface area contributed by atoms with Gasteiger partial charge in [-0.3, -0.25) is 9.69 Å². The van der Waals surface area contributed by atoms with E-state index in [1.807, 2.05) is 24.1 Å². The molecule has 0 saturated carbocycles. The second kappa shape index (κ2) is 9.72. The van der Waals surface area contributed by atoms with Crippen molar-refractivity contribution in [1.82, 2.24) is 15.1 Å². The first-order chi connectivity index (χ1) is 13.5. The summed E-state index contributed by atoms with van der Waals surface area (Å²) in [6.45, 7) is 4.70. The molecule has 28 heavy (non-hydrogen) atoms. The van der Waals surface area contributed by atoms with Gasteiger partial charge in [0.1, 0.15) is 5.75 Å². The molecule has 0 bridgehead atoms. The van der Waals surface area contributed by atoms with Crippen LogP contribution in [0.2, 0.25) is 0 Å². The number of likely N-dealkylation sites (N-methyl/N-ethyl adjacent to an activating group) is 1. The van der Waals surface area contributed by atoms with Crippen molar-refractivity contribution in [3.63, 3.8) is 0 Å². The summed E-state index contributed by atoms with van der Waals surface area (Å²) in [5.41, 5.74) is 0.466. The van der Waals surface area contributed by atoms with E-state index in [-0.39, 0.29) is 11.8 Å². The van der Waals surface area contributed by atoms with Crippen LogP contribution in [0.5, 0.6) is 5.75 Å². The van der Waals surface area contributed by atoms with Gasteiger partial charge in [-0.25, -0.2) is 0 Å². The zero-order valence-electron chi connectivity index (χ0n) is 17.3. The average molecular weight is 390 g/mol. The third kappa shape index (κ3) is 5.69. The van der Waals surface area contributed by atoms with E-state index in [9.17, 15) is 9.90 Å². The minimum absolute atomic E-state index is 0.158. The molecule has 1 amide bonds. The zero-order valence-corrected chi connectivity index (χ0v) is 17.3. The minimum atomic E-state index is -0.732.